The number of aliphatic hydroxyl groups excluding tert-OH is 2. The maximum absolute atomic E-state index is 12.9. The normalized spacial score (nSPS) is 27.4. The van der Waals surface area contributed by atoms with Gasteiger partial charge in [0.2, 0.25) is 23.6 Å². The molecule has 6 aliphatic heterocycles. The van der Waals surface area contributed by atoms with Crippen molar-refractivity contribution in [3.63, 3.8) is 0 Å². The van der Waals surface area contributed by atoms with Crippen LogP contribution in [0.25, 0.3) is 0 Å². The molecule has 14 heteroatoms. The number of piperidine rings is 4. The van der Waals surface area contributed by atoms with E-state index >= 15 is 0 Å². The van der Waals surface area contributed by atoms with Crippen LogP contribution in [0.1, 0.15) is 119 Å². The Morgan fingerprint density at radius 1 is 0.540 bits per heavy atom. The molecule has 0 radical (unpaired) electrons. The van der Waals surface area contributed by atoms with Crippen molar-refractivity contribution in [3.8, 4) is 0 Å². The molecule has 6 amide bonds. The Morgan fingerprint density at radius 3 is 1.52 bits per heavy atom. The average Bonchev–Trinajstić information content (AvgIpc) is 3.52. The van der Waals surface area contributed by atoms with Crippen LogP contribution < -0.4 is 21.3 Å². The lowest BCUT2D eigenvalue weighted by molar-refractivity contribution is -0.140. The summed E-state index contributed by atoms with van der Waals surface area (Å²) >= 11 is 0. The highest BCUT2D eigenvalue weighted by Crippen LogP contribution is 2.39. The molecular weight excluding hydrogens is 644 g/mol. The smallest absolute Gasteiger partial charge is 0.257 e. The van der Waals surface area contributed by atoms with Gasteiger partial charge in [0, 0.05) is 35.1 Å². The molecule has 8 rings (SSSR count). The Morgan fingerprint density at radius 2 is 1.00 bits per heavy atom. The second kappa shape index (κ2) is 14.0. The Hall–Kier alpha value is -4.50. The molecule has 2 aromatic rings. The van der Waals surface area contributed by atoms with Crippen molar-refractivity contribution in [3.05, 3.63) is 69.8 Å². The number of carbonyl (C=O) groups excluding carboxylic acids is 6. The third-order valence-electron chi connectivity index (χ3n) is 10.9. The van der Waals surface area contributed by atoms with E-state index in [-0.39, 0.29) is 49.3 Å². The fraction of sp³-hybridized carbons (Fsp3) is 0.500. The average molecular weight is 687 g/mol. The summed E-state index contributed by atoms with van der Waals surface area (Å²) in [6.45, 7) is 3.85. The molecule has 4 saturated heterocycles. The Kier molecular flexibility index (Phi) is 9.53. The maximum Gasteiger partial charge on any atom is 0.257 e. The third kappa shape index (κ3) is 6.32. The van der Waals surface area contributed by atoms with Crippen molar-refractivity contribution >= 4 is 35.4 Å². The fourth-order valence-corrected chi connectivity index (χ4v) is 8.11. The van der Waals surface area contributed by atoms with E-state index in [1.54, 1.807) is 12.1 Å². The van der Waals surface area contributed by atoms with Crippen molar-refractivity contribution in [2.45, 2.75) is 87.7 Å². The van der Waals surface area contributed by atoms with E-state index in [9.17, 15) is 39.0 Å². The van der Waals surface area contributed by atoms with E-state index in [1.807, 2.05) is 24.3 Å². The molecule has 6 aliphatic rings. The molecule has 6 heterocycles. The number of benzene rings is 2. The van der Waals surface area contributed by atoms with Gasteiger partial charge in [0.25, 0.3) is 11.8 Å². The summed E-state index contributed by atoms with van der Waals surface area (Å²) < 4.78 is 0. The van der Waals surface area contributed by atoms with Gasteiger partial charge < -0.3 is 20.8 Å². The molecule has 4 unspecified atom stereocenters. The number of nitrogens with zero attached hydrogens (tertiary/aromatic N) is 2. The first-order chi connectivity index (χ1) is 24.1. The molecule has 14 nitrogen and oxygen atoms in total. The van der Waals surface area contributed by atoms with E-state index in [4.69, 9.17) is 0 Å². The zero-order chi connectivity index (χ0) is 35.1. The molecule has 6 N–H and O–H groups in total. The van der Waals surface area contributed by atoms with Crippen LogP contribution in [0, 0.1) is 0 Å². The highest BCUT2D eigenvalue weighted by Gasteiger charge is 2.46. The summed E-state index contributed by atoms with van der Waals surface area (Å²) in [4.78, 5) is 74.9. The molecule has 264 valence electrons. The van der Waals surface area contributed by atoms with Crippen LogP contribution in [0.2, 0.25) is 0 Å². The van der Waals surface area contributed by atoms with E-state index in [0.29, 0.717) is 34.1 Å². The number of carbonyl (C=O) groups is 6. The van der Waals surface area contributed by atoms with Gasteiger partial charge in [-0.05, 0) is 99.8 Å². The number of hydrogen-bond donors (Lipinski definition) is 6. The van der Waals surface area contributed by atoms with Crippen LogP contribution in [-0.4, -0.2) is 93.7 Å². The Bertz CT molecular complexity index is 1700. The number of aliphatic hydroxyl groups is 2. The van der Waals surface area contributed by atoms with Gasteiger partial charge >= 0.3 is 0 Å². The lowest BCUT2D eigenvalue weighted by atomic mass is 9.88. The molecule has 0 bridgehead atoms. The maximum atomic E-state index is 12.9. The van der Waals surface area contributed by atoms with E-state index in [1.165, 1.54) is 9.80 Å². The van der Waals surface area contributed by atoms with Crippen molar-refractivity contribution in [1.29, 1.82) is 0 Å². The fourth-order valence-electron chi connectivity index (χ4n) is 8.11. The SMILES string of the molecule is O=C1CCC(N2C(=O)c3cc(C4CCNCC4)ccc3C2O)C(=O)N1.O=C1CCC(N2C(=O)c3ccc(C4CCNCC4)cc3C2O)C(=O)N1. The van der Waals surface area contributed by atoms with Crippen LogP contribution >= 0.6 is 0 Å². The van der Waals surface area contributed by atoms with Gasteiger partial charge in [-0.15, -0.1) is 0 Å². The van der Waals surface area contributed by atoms with E-state index in [0.717, 1.165) is 63.0 Å². The zero-order valence-corrected chi connectivity index (χ0v) is 27.7. The lowest BCUT2D eigenvalue weighted by Gasteiger charge is -2.32. The summed E-state index contributed by atoms with van der Waals surface area (Å²) in [6, 6.07) is 9.62. The Balaban J connectivity index is 0.000000157. The van der Waals surface area contributed by atoms with Crippen molar-refractivity contribution in [2.24, 2.45) is 0 Å². The number of rotatable bonds is 4. The summed E-state index contributed by atoms with van der Waals surface area (Å²) in [5, 5.41) is 32.4. The molecule has 0 saturated carbocycles. The topological polar surface area (TPSA) is 197 Å². The monoisotopic (exact) mass is 686 g/mol. The number of imide groups is 2. The van der Waals surface area contributed by atoms with Crippen molar-refractivity contribution in [1.82, 2.24) is 31.1 Å². The molecule has 0 aliphatic carbocycles. The minimum absolute atomic E-state index is 0.170. The predicted molar refractivity (Wildman–Crippen MR) is 177 cm³/mol. The van der Waals surface area contributed by atoms with Crippen LogP contribution in [0.4, 0.5) is 0 Å². The summed E-state index contributed by atoms with van der Waals surface area (Å²) in [6.07, 6.45) is 2.62. The van der Waals surface area contributed by atoms with Gasteiger partial charge in [0.15, 0.2) is 12.5 Å². The van der Waals surface area contributed by atoms with Gasteiger partial charge in [0.05, 0.1) is 0 Å². The Labute approximate surface area is 288 Å². The standard InChI is InChI=1S/2C18H21N3O4/c2*22-15-4-3-14(16(23)20-15)21-17(24)12-2-1-11(9-13(12)18(21)25)10-5-7-19-8-6-10/h1-2,9-10,14,18-19,25H,3-8H2,(H,20,22,23);1-2,9-10,14,17,19,24H,3-8H2,(H,20,22,23). The van der Waals surface area contributed by atoms with Crippen molar-refractivity contribution in [2.75, 3.05) is 26.2 Å². The summed E-state index contributed by atoms with van der Waals surface area (Å²) in [5.41, 5.74) is 4.23. The van der Waals surface area contributed by atoms with Crippen molar-refractivity contribution < 1.29 is 39.0 Å². The van der Waals surface area contributed by atoms with Gasteiger partial charge in [-0.25, -0.2) is 0 Å². The highest BCUT2D eigenvalue weighted by molar-refractivity contribution is 6.06. The van der Waals surface area contributed by atoms with E-state index in [2.05, 4.69) is 21.3 Å². The molecule has 2 aromatic carbocycles. The quantitative estimate of drug-likeness (QED) is 0.251. The number of hydrogen-bond acceptors (Lipinski definition) is 10. The van der Waals surface area contributed by atoms with Crippen LogP contribution in [-0.2, 0) is 19.2 Å². The first kappa shape index (κ1) is 34.0. The molecule has 50 heavy (non-hydrogen) atoms. The number of amides is 6. The molecule has 0 spiro atoms. The second-order valence-electron chi connectivity index (χ2n) is 13.8. The van der Waals surface area contributed by atoms with Gasteiger partial charge in [0.1, 0.15) is 12.1 Å². The van der Waals surface area contributed by atoms with Crippen LogP contribution in [0.5, 0.6) is 0 Å². The molecule has 4 atom stereocenters. The largest absolute Gasteiger partial charge is 0.369 e. The highest BCUT2D eigenvalue weighted by atomic mass is 16.3. The number of fused-ring (bicyclic) bond motifs is 2. The molecule has 4 fully saturated rings. The zero-order valence-electron chi connectivity index (χ0n) is 27.7. The first-order valence-corrected chi connectivity index (χ1v) is 17.5. The molecule has 0 aromatic heterocycles. The summed E-state index contributed by atoms with van der Waals surface area (Å²) in [7, 11) is 0. The summed E-state index contributed by atoms with van der Waals surface area (Å²) in [5.74, 6) is -1.59. The van der Waals surface area contributed by atoms with Crippen LogP contribution in [0.3, 0.4) is 0 Å². The van der Waals surface area contributed by atoms with Gasteiger partial charge in [-0.3, -0.25) is 49.2 Å². The van der Waals surface area contributed by atoms with Gasteiger partial charge in [-0.2, -0.15) is 0 Å². The lowest BCUT2D eigenvalue weighted by Crippen LogP contribution is -2.53. The third-order valence-corrected chi connectivity index (χ3v) is 10.9. The van der Waals surface area contributed by atoms with Gasteiger partial charge in [-0.1, -0.05) is 24.3 Å². The predicted octanol–water partition coefficient (Wildman–Crippen LogP) is 0.811. The minimum Gasteiger partial charge on any atom is -0.369 e. The number of nitrogens with one attached hydrogen (secondary N) is 4. The first-order valence-electron chi connectivity index (χ1n) is 17.5. The second-order valence-corrected chi connectivity index (χ2v) is 13.8. The van der Waals surface area contributed by atoms with E-state index < -0.39 is 36.4 Å². The van der Waals surface area contributed by atoms with Crippen LogP contribution in [0.15, 0.2) is 36.4 Å². The molecular formula is C36H42N6O8. The minimum atomic E-state index is -1.15.